The van der Waals surface area contributed by atoms with Gasteiger partial charge in [-0.3, -0.25) is 0 Å². The number of carboxylic acid groups (broad SMARTS) is 1. The minimum Gasteiger partial charge on any atom is -0.479 e. The number of carbonyl (C=O) groups is 1. The maximum atomic E-state index is 11.3. The number of halogens is 1. The van der Waals surface area contributed by atoms with Gasteiger partial charge in [0.1, 0.15) is 17.2 Å². The van der Waals surface area contributed by atoms with Gasteiger partial charge in [0.05, 0.1) is 18.9 Å². The fourth-order valence-electron chi connectivity index (χ4n) is 5.95. The molecule has 2 heterocycles. The molecule has 0 aliphatic heterocycles. The second-order valence-electron chi connectivity index (χ2n) is 13.8. The maximum absolute atomic E-state index is 11.3. The quantitative estimate of drug-likeness (QED) is 0.105. The van der Waals surface area contributed by atoms with Crippen LogP contribution < -0.4 is 0 Å². The van der Waals surface area contributed by atoms with E-state index in [0.717, 1.165) is 82.9 Å². The first kappa shape index (κ1) is 38.8. The number of carboxylic acids is 1. The van der Waals surface area contributed by atoms with Crippen LogP contribution in [0.1, 0.15) is 98.5 Å². The van der Waals surface area contributed by atoms with Gasteiger partial charge in [0.25, 0.3) is 0 Å². The van der Waals surface area contributed by atoms with E-state index in [1.165, 1.54) is 22.3 Å². The molecule has 0 saturated heterocycles. The smallest absolute Gasteiger partial charge is 0.335 e. The summed E-state index contributed by atoms with van der Waals surface area (Å²) in [5.41, 5.74) is 7.91. The molecule has 2 aromatic carbocycles. The molecule has 1 aliphatic rings. The molecule has 0 amide bonds. The van der Waals surface area contributed by atoms with Crippen LogP contribution in [0.2, 0.25) is 0 Å². The fraction of sp³-hybridized carbons (Fsp3) is 0.525. The average Bonchev–Trinajstić information content (AvgIpc) is 3.71. The Morgan fingerprint density at radius 3 is 1.82 bits per heavy atom. The average molecular weight is 785 g/mol. The largest absolute Gasteiger partial charge is 0.479 e. The van der Waals surface area contributed by atoms with Crippen LogP contribution in [0, 0.1) is 39.5 Å². The van der Waals surface area contributed by atoms with Gasteiger partial charge in [-0.1, -0.05) is 55.0 Å². The molecule has 5 rings (SSSR count). The number of aliphatic carboxylic acids is 1. The summed E-state index contributed by atoms with van der Waals surface area (Å²) in [4.78, 5) is 20.5. The number of aromatic nitrogens is 2. The summed E-state index contributed by atoms with van der Waals surface area (Å²) < 4.78 is 24.5. The standard InChI is InChI=1S/C26H37NO5.C14H16INO/c1-6-23-22(27-24(32-23)21-11-10-17(2)18(3)12-21)16-30-14-19-8-7-9-20(13-19)15-31-26(4,5)25(28)29;1-4-13-12(8-15)16-14(17-13)11-6-5-9(2)10(3)7-11/h10-12,19-20H,6-9,13-16H2,1-5H3,(H,28,29);5-7H,4,8H2,1-3H3/t19-,20+;/m0./s1. The number of hydrogen-bond acceptors (Lipinski definition) is 7. The van der Waals surface area contributed by atoms with E-state index in [1.807, 2.05) is 6.07 Å². The van der Waals surface area contributed by atoms with E-state index in [1.54, 1.807) is 13.8 Å². The molecule has 0 radical (unpaired) electrons. The minimum atomic E-state index is -1.14. The Morgan fingerprint density at radius 2 is 1.35 bits per heavy atom. The summed E-state index contributed by atoms with van der Waals surface area (Å²) in [6.45, 7) is 17.4. The van der Waals surface area contributed by atoms with Crippen LogP contribution in [-0.2, 0) is 38.1 Å². The van der Waals surface area contributed by atoms with Crippen molar-refractivity contribution in [2.45, 2.75) is 111 Å². The van der Waals surface area contributed by atoms with Gasteiger partial charge >= 0.3 is 5.97 Å². The molecule has 1 fully saturated rings. The maximum Gasteiger partial charge on any atom is 0.335 e. The number of rotatable bonds is 13. The third-order valence-corrected chi connectivity index (χ3v) is 10.2. The van der Waals surface area contributed by atoms with Crippen LogP contribution in [0.5, 0.6) is 0 Å². The van der Waals surface area contributed by atoms with Crippen molar-refractivity contribution in [2.75, 3.05) is 13.2 Å². The number of hydrogen-bond donors (Lipinski definition) is 1. The second-order valence-corrected chi connectivity index (χ2v) is 14.5. The van der Waals surface area contributed by atoms with Gasteiger partial charge in [-0.2, -0.15) is 0 Å². The van der Waals surface area contributed by atoms with Crippen molar-refractivity contribution in [1.82, 2.24) is 9.97 Å². The van der Waals surface area contributed by atoms with Crippen molar-refractivity contribution >= 4 is 28.6 Å². The number of aryl methyl sites for hydroxylation is 6. The summed E-state index contributed by atoms with van der Waals surface area (Å²) >= 11 is 2.32. The van der Waals surface area contributed by atoms with Gasteiger partial charge in [-0.15, -0.1) is 0 Å². The van der Waals surface area contributed by atoms with Gasteiger partial charge in [0.2, 0.25) is 11.8 Å². The Hall–Kier alpha value is -3.02. The highest BCUT2D eigenvalue weighted by molar-refractivity contribution is 14.1. The van der Waals surface area contributed by atoms with Crippen LogP contribution in [0.4, 0.5) is 0 Å². The highest BCUT2D eigenvalue weighted by atomic mass is 127. The van der Waals surface area contributed by atoms with E-state index in [-0.39, 0.29) is 0 Å². The first-order chi connectivity index (χ1) is 23.3. The van der Waals surface area contributed by atoms with Gasteiger partial charge in [-0.25, -0.2) is 14.8 Å². The summed E-state index contributed by atoms with van der Waals surface area (Å²) in [5, 5.41) is 9.23. The zero-order valence-corrected chi connectivity index (χ0v) is 32.6. The van der Waals surface area contributed by atoms with Crippen molar-refractivity contribution in [2.24, 2.45) is 11.8 Å². The normalized spacial score (nSPS) is 16.3. The molecule has 8 nitrogen and oxygen atoms in total. The molecular weight excluding hydrogens is 731 g/mol. The fourth-order valence-corrected chi connectivity index (χ4v) is 6.54. The second kappa shape index (κ2) is 17.8. The molecule has 9 heteroatoms. The predicted molar refractivity (Wildman–Crippen MR) is 202 cm³/mol. The van der Waals surface area contributed by atoms with E-state index in [9.17, 15) is 9.90 Å². The van der Waals surface area contributed by atoms with E-state index in [2.05, 4.69) is 99.4 Å². The molecule has 2 atom stereocenters. The van der Waals surface area contributed by atoms with Gasteiger partial charge in [0.15, 0.2) is 5.60 Å². The number of nitrogens with zero attached hydrogens (tertiary/aromatic N) is 2. The SMILES string of the molecule is CCc1oc(-c2ccc(C)c(C)c2)nc1CI.CCc1oc(-c2ccc(C)c(C)c2)nc1COC[C@H]1CCC[C@@H](COC(C)(C)C(=O)O)C1. The highest BCUT2D eigenvalue weighted by Crippen LogP contribution is 2.31. The topological polar surface area (TPSA) is 108 Å². The molecule has 0 bridgehead atoms. The Morgan fingerprint density at radius 1 is 0.837 bits per heavy atom. The van der Waals surface area contributed by atoms with Crippen molar-refractivity contribution in [3.63, 3.8) is 0 Å². The van der Waals surface area contributed by atoms with E-state index in [0.29, 0.717) is 37.5 Å². The molecular formula is C40H53IN2O6. The Balaban J connectivity index is 0.000000266. The van der Waals surface area contributed by atoms with Crippen LogP contribution in [0.15, 0.2) is 45.2 Å². The number of benzene rings is 2. The predicted octanol–water partition coefficient (Wildman–Crippen LogP) is 10.2. The lowest BCUT2D eigenvalue weighted by Crippen LogP contribution is -2.37. The van der Waals surface area contributed by atoms with Gasteiger partial charge in [0, 0.05) is 35.0 Å². The Kier molecular flexibility index (Phi) is 14.1. The molecule has 1 N–H and O–H groups in total. The van der Waals surface area contributed by atoms with Crippen LogP contribution >= 0.6 is 22.6 Å². The zero-order valence-electron chi connectivity index (χ0n) is 30.5. The highest BCUT2D eigenvalue weighted by Gasteiger charge is 2.31. The first-order valence-electron chi connectivity index (χ1n) is 17.5. The van der Waals surface area contributed by atoms with Crippen LogP contribution in [0.25, 0.3) is 22.9 Å². The molecule has 49 heavy (non-hydrogen) atoms. The van der Waals surface area contributed by atoms with Crippen LogP contribution in [-0.4, -0.2) is 39.9 Å². The molecule has 1 aliphatic carbocycles. The third kappa shape index (κ3) is 10.5. The van der Waals surface area contributed by atoms with Crippen molar-refractivity contribution in [3.8, 4) is 22.9 Å². The number of oxazole rings is 2. The Bertz CT molecular complexity index is 1670. The summed E-state index contributed by atoms with van der Waals surface area (Å²) in [6.07, 6.45) is 6.01. The first-order valence-corrected chi connectivity index (χ1v) is 19.0. The lowest BCUT2D eigenvalue weighted by Gasteiger charge is -2.31. The van der Waals surface area contributed by atoms with Crippen molar-refractivity contribution in [3.05, 3.63) is 81.6 Å². The minimum absolute atomic E-state index is 0.380. The summed E-state index contributed by atoms with van der Waals surface area (Å²) in [7, 11) is 0. The summed E-state index contributed by atoms with van der Waals surface area (Å²) in [6, 6.07) is 12.6. The van der Waals surface area contributed by atoms with Crippen molar-refractivity contribution in [1.29, 1.82) is 0 Å². The van der Waals surface area contributed by atoms with Gasteiger partial charge < -0.3 is 23.4 Å². The number of alkyl halides is 1. The van der Waals surface area contributed by atoms with E-state index >= 15 is 0 Å². The lowest BCUT2D eigenvalue weighted by atomic mass is 9.82. The molecule has 4 aromatic rings. The van der Waals surface area contributed by atoms with Crippen molar-refractivity contribution < 1.29 is 28.2 Å². The third-order valence-electron chi connectivity index (χ3n) is 9.51. The van der Waals surface area contributed by atoms with E-state index in [4.69, 9.17) is 23.3 Å². The lowest BCUT2D eigenvalue weighted by molar-refractivity contribution is -0.163. The Labute approximate surface area is 305 Å². The van der Waals surface area contributed by atoms with Crippen LogP contribution in [0.3, 0.4) is 0 Å². The summed E-state index contributed by atoms with van der Waals surface area (Å²) in [5.74, 6) is 3.20. The molecule has 0 unspecified atom stereocenters. The monoisotopic (exact) mass is 784 g/mol. The van der Waals surface area contributed by atoms with E-state index < -0.39 is 11.6 Å². The molecule has 2 aromatic heterocycles. The molecule has 266 valence electrons. The molecule has 1 saturated carbocycles. The zero-order chi connectivity index (χ0) is 35.7. The number of ether oxygens (including phenoxy) is 2. The van der Waals surface area contributed by atoms with Gasteiger partial charge in [-0.05, 0) is 119 Å². The molecule has 0 spiro atoms.